The van der Waals surface area contributed by atoms with Gasteiger partial charge in [-0.25, -0.2) is 9.97 Å². The van der Waals surface area contributed by atoms with Crippen LogP contribution in [0, 0.1) is 0 Å². The number of carbonyl (C=O) groups excluding carboxylic acids is 1. The Morgan fingerprint density at radius 3 is 2.46 bits per heavy atom. The lowest BCUT2D eigenvalue weighted by molar-refractivity contribution is -0.117. The quantitative estimate of drug-likeness (QED) is 0.227. The first-order valence-electron chi connectivity index (χ1n) is 14.9. The summed E-state index contributed by atoms with van der Waals surface area (Å²) in [5.41, 5.74) is 7.62. The van der Waals surface area contributed by atoms with E-state index in [1.54, 1.807) is 6.20 Å². The van der Waals surface area contributed by atoms with Crippen molar-refractivity contribution >= 4 is 28.9 Å². The van der Waals surface area contributed by atoms with Crippen molar-refractivity contribution in [1.29, 1.82) is 0 Å². The fourth-order valence-corrected chi connectivity index (χ4v) is 5.80. The third-order valence-corrected chi connectivity index (χ3v) is 8.04. The molecule has 7 nitrogen and oxygen atoms in total. The molecule has 0 spiro atoms. The van der Waals surface area contributed by atoms with Crippen LogP contribution in [0.25, 0.3) is 11.3 Å². The SMILES string of the molecule is O=C(Nc1ccc(-c2ccnc(Nc3ccc(N4CCCCC4)c(CCc4ccccc4)c3)n2)cc1)[C@H]1CCCN1. The first-order valence-corrected chi connectivity index (χ1v) is 14.9. The van der Waals surface area contributed by atoms with E-state index >= 15 is 0 Å². The fraction of sp³-hybridized carbons (Fsp3) is 0.324. The molecular weight excluding hydrogens is 508 g/mol. The van der Waals surface area contributed by atoms with Gasteiger partial charge in [-0.3, -0.25) is 4.79 Å². The van der Waals surface area contributed by atoms with E-state index < -0.39 is 0 Å². The molecule has 0 bridgehead atoms. The average molecular weight is 547 g/mol. The first-order chi connectivity index (χ1) is 20.2. The normalized spacial score (nSPS) is 16.9. The highest BCUT2D eigenvalue weighted by Crippen LogP contribution is 2.30. The van der Waals surface area contributed by atoms with E-state index in [-0.39, 0.29) is 11.9 Å². The minimum Gasteiger partial charge on any atom is -0.371 e. The maximum absolute atomic E-state index is 12.4. The Labute approximate surface area is 242 Å². The van der Waals surface area contributed by atoms with E-state index in [1.165, 1.54) is 36.1 Å². The second-order valence-corrected chi connectivity index (χ2v) is 11.0. The number of rotatable bonds is 9. The number of aromatic nitrogens is 2. The Morgan fingerprint density at radius 2 is 1.68 bits per heavy atom. The van der Waals surface area contributed by atoms with Crippen molar-refractivity contribution < 1.29 is 4.79 Å². The highest BCUT2D eigenvalue weighted by molar-refractivity contribution is 5.95. The molecule has 0 unspecified atom stereocenters. The summed E-state index contributed by atoms with van der Waals surface area (Å²) < 4.78 is 0. The molecule has 4 aromatic rings. The number of amides is 1. The largest absolute Gasteiger partial charge is 0.371 e. The van der Waals surface area contributed by atoms with Gasteiger partial charge in [-0.15, -0.1) is 0 Å². The Hall–Kier alpha value is -4.23. The molecule has 2 aliphatic rings. The summed E-state index contributed by atoms with van der Waals surface area (Å²) in [6.45, 7) is 3.14. The van der Waals surface area contributed by atoms with E-state index in [0.717, 1.165) is 67.9 Å². The third-order valence-electron chi connectivity index (χ3n) is 8.04. The average Bonchev–Trinajstić information content (AvgIpc) is 3.57. The highest BCUT2D eigenvalue weighted by atomic mass is 16.2. The van der Waals surface area contributed by atoms with E-state index in [0.29, 0.717) is 5.95 Å². The van der Waals surface area contributed by atoms with Gasteiger partial charge in [0.1, 0.15) is 0 Å². The van der Waals surface area contributed by atoms with Crippen LogP contribution in [0.3, 0.4) is 0 Å². The number of hydrogen-bond donors (Lipinski definition) is 3. The van der Waals surface area contributed by atoms with E-state index in [2.05, 4.69) is 74.4 Å². The Morgan fingerprint density at radius 1 is 0.878 bits per heavy atom. The number of nitrogens with one attached hydrogen (secondary N) is 3. The third kappa shape index (κ3) is 6.92. The molecular formula is C34H38N6O. The molecule has 2 saturated heterocycles. The smallest absolute Gasteiger partial charge is 0.241 e. The van der Waals surface area contributed by atoms with E-state index in [1.807, 2.05) is 30.3 Å². The van der Waals surface area contributed by atoms with Crippen LogP contribution in [0.5, 0.6) is 0 Å². The maximum atomic E-state index is 12.4. The summed E-state index contributed by atoms with van der Waals surface area (Å²) in [7, 11) is 0. The van der Waals surface area contributed by atoms with Gasteiger partial charge in [0, 0.05) is 41.9 Å². The minimum atomic E-state index is -0.0991. The lowest BCUT2D eigenvalue weighted by Crippen LogP contribution is -2.35. The Kier molecular flexibility index (Phi) is 8.52. The molecule has 0 radical (unpaired) electrons. The van der Waals surface area contributed by atoms with Gasteiger partial charge in [-0.1, -0.05) is 42.5 Å². The first kappa shape index (κ1) is 27.0. The van der Waals surface area contributed by atoms with Gasteiger partial charge in [-0.2, -0.15) is 0 Å². The van der Waals surface area contributed by atoms with Crippen molar-refractivity contribution in [1.82, 2.24) is 15.3 Å². The van der Waals surface area contributed by atoms with Gasteiger partial charge < -0.3 is 20.9 Å². The predicted molar refractivity (Wildman–Crippen MR) is 167 cm³/mol. The van der Waals surface area contributed by atoms with Crippen LogP contribution in [-0.2, 0) is 17.6 Å². The summed E-state index contributed by atoms with van der Waals surface area (Å²) in [6, 6.07) is 27.0. The lowest BCUT2D eigenvalue weighted by atomic mass is 10.00. The van der Waals surface area contributed by atoms with Crippen LogP contribution in [0.2, 0.25) is 0 Å². The molecule has 2 fully saturated rings. The molecule has 1 amide bonds. The molecule has 0 aliphatic carbocycles. The Bertz CT molecular complexity index is 1440. The van der Waals surface area contributed by atoms with Gasteiger partial charge in [0.05, 0.1) is 11.7 Å². The molecule has 1 aromatic heterocycles. The monoisotopic (exact) mass is 546 g/mol. The maximum Gasteiger partial charge on any atom is 0.241 e. The zero-order valence-corrected chi connectivity index (χ0v) is 23.5. The summed E-state index contributed by atoms with van der Waals surface area (Å²) in [5.74, 6) is 0.588. The van der Waals surface area contributed by atoms with Gasteiger partial charge in [0.2, 0.25) is 11.9 Å². The number of aryl methyl sites for hydroxylation is 2. The zero-order valence-electron chi connectivity index (χ0n) is 23.5. The van der Waals surface area contributed by atoms with Gasteiger partial charge in [0.15, 0.2) is 0 Å². The van der Waals surface area contributed by atoms with Gasteiger partial charge in [-0.05, 0) is 99.0 Å². The summed E-state index contributed by atoms with van der Waals surface area (Å²) in [4.78, 5) is 24.3. The molecule has 210 valence electrons. The standard InChI is InChI=1S/C34H38N6O/c41-33(31-10-7-20-35-31)37-28-15-13-26(14-16-28)30-19-21-36-34(39-30)38-29-17-18-32(40-22-5-2-6-23-40)27(24-29)12-11-25-8-3-1-4-9-25/h1,3-4,8-9,13-19,21,24,31,35H,2,5-7,10-12,20,22-23H2,(H,37,41)(H,36,38,39)/t31-/m1/s1. The van der Waals surface area contributed by atoms with Crippen LogP contribution in [0.1, 0.15) is 43.2 Å². The van der Waals surface area contributed by atoms with Crippen molar-refractivity contribution in [2.75, 3.05) is 35.2 Å². The van der Waals surface area contributed by atoms with Crippen LogP contribution < -0.4 is 20.9 Å². The molecule has 2 aliphatic heterocycles. The number of hydrogen-bond acceptors (Lipinski definition) is 6. The summed E-state index contributed by atoms with van der Waals surface area (Å²) >= 11 is 0. The number of piperidine rings is 1. The molecule has 3 aromatic carbocycles. The second-order valence-electron chi connectivity index (χ2n) is 11.0. The van der Waals surface area contributed by atoms with E-state index in [4.69, 9.17) is 4.98 Å². The molecule has 7 heteroatoms. The number of benzene rings is 3. The van der Waals surface area contributed by atoms with Crippen molar-refractivity contribution in [2.45, 2.75) is 51.0 Å². The van der Waals surface area contributed by atoms with Crippen molar-refractivity contribution in [3.8, 4) is 11.3 Å². The molecule has 41 heavy (non-hydrogen) atoms. The second kappa shape index (κ2) is 13.0. The van der Waals surface area contributed by atoms with Gasteiger partial charge >= 0.3 is 0 Å². The molecule has 3 heterocycles. The van der Waals surface area contributed by atoms with Crippen LogP contribution >= 0.6 is 0 Å². The van der Waals surface area contributed by atoms with Crippen LogP contribution in [-0.4, -0.2) is 41.6 Å². The van der Waals surface area contributed by atoms with Crippen molar-refractivity contribution in [3.63, 3.8) is 0 Å². The van der Waals surface area contributed by atoms with E-state index in [9.17, 15) is 4.79 Å². The number of anilines is 4. The fourth-order valence-electron chi connectivity index (χ4n) is 5.80. The van der Waals surface area contributed by atoms with Crippen LogP contribution in [0.15, 0.2) is 85.1 Å². The lowest BCUT2D eigenvalue weighted by Gasteiger charge is -2.31. The molecule has 6 rings (SSSR count). The minimum absolute atomic E-state index is 0.0261. The van der Waals surface area contributed by atoms with Crippen molar-refractivity contribution in [3.05, 3.63) is 96.2 Å². The predicted octanol–water partition coefficient (Wildman–Crippen LogP) is 6.35. The van der Waals surface area contributed by atoms with Crippen LogP contribution in [0.4, 0.5) is 23.0 Å². The van der Waals surface area contributed by atoms with Gasteiger partial charge in [0.25, 0.3) is 0 Å². The molecule has 1 atom stereocenters. The molecule has 0 saturated carbocycles. The number of nitrogens with zero attached hydrogens (tertiary/aromatic N) is 3. The zero-order chi connectivity index (χ0) is 27.9. The summed E-state index contributed by atoms with van der Waals surface area (Å²) in [6.07, 6.45) is 9.52. The number of carbonyl (C=O) groups is 1. The topological polar surface area (TPSA) is 82.2 Å². The highest BCUT2D eigenvalue weighted by Gasteiger charge is 2.22. The Balaban J connectivity index is 1.17. The van der Waals surface area contributed by atoms with Crippen molar-refractivity contribution in [2.24, 2.45) is 0 Å². The molecule has 3 N–H and O–H groups in total. The summed E-state index contributed by atoms with van der Waals surface area (Å²) in [5, 5.41) is 9.70.